The minimum atomic E-state index is -0.367. The molecule has 3 aromatic rings. The van der Waals surface area contributed by atoms with Crippen LogP contribution in [0.25, 0.3) is 10.6 Å². The number of nitrogens with zero attached hydrogens (tertiary/aromatic N) is 3. The lowest BCUT2D eigenvalue weighted by Crippen LogP contribution is -2.44. The van der Waals surface area contributed by atoms with Gasteiger partial charge in [0, 0.05) is 11.8 Å². The van der Waals surface area contributed by atoms with Gasteiger partial charge in [-0.15, -0.1) is 35.5 Å². The number of aromatic nitrogens is 3. The van der Waals surface area contributed by atoms with Crippen molar-refractivity contribution < 1.29 is 9.05 Å². The van der Waals surface area contributed by atoms with E-state index in [0.717, 1.165) is 41.3 Å². The van der Waals surface area contributed by atoms with Crippen molar-refractivity contribution in [2.45, 2.75) is 36.3 Å². The smallest absolute Gasteiger partial charge is 0.236 e. The normalized spacial score (nSPS) is 15.7. The van der Waals surface area contributed by atoms with Crippen molar-refractivity contribution in [2.75, 3.05) is 0 Å². The largest absolute Gasteiger partial charge is 0.355 e. The van der Waals surface area contributed by atoms with Gasteiger partial charge in [0.05, 0.1) is 21.9 Å². The van der Waals surface area contributed by atoms with Crippen LogP contribution in [-0.4, -0.2) is 15.3 Å². The number of nitrogens with two attached hydrogens (primary N) is 1. The highest BCUT2D eigenvalue weighted by Gasteiger charge is 2.38. The second-order valence-electron chi connectivity index (χ2n) is 5.67. The molecule has 0 spiro atoms. The fraction of sp³-hybridized carbons (Fsp3) is 0.400. The molecule has 3 heterocycles. The Bertz CT molecular complexity index is 783. The van der Waals surface area contributed by atoms with E-state index in [-0.39, 0.29) is 17.9 Å². The molecule has 0 aliphatic heterocycles. The Kier molecular flexibility index (Phi) is 5.29. The summed E-state index contributed by atoms with van der Waals surface area (Å²) in [7, 11) is 0. The Hall–Kier alpha value is -1.35. The molecular weight excluding hydrogens is 368 g/mol. The summed E-state index contributed by atoms with van der Waals surface area (Å²) in [6, 6.07) is 5.99. The van der Waals surface area contributed by atoms with E-state index in [1.54, 1.807) is 23.1 Å². The van der Waals surface area contributed by atoms with Gasteiger partial charge in [-0.25, -0.2) is 0 Å². The molecule has 0 aromatic carbocycles. The summed E-state index contributed by atoms with van der Waals surface area (Å²) in [5.41, 5.74) is 6.74. The molecule has 0 atom stereocenters. The van der Waals surface area contributed by atoms with Crippen LogP contribution in [0.1, 0.15) is 36.7 Å². The molecule has 9 heteroatoms. The second kappa shape index (κ2) is 7.26. The Morgan fingerprint density at radius 2 is 2.12 bits per heavy atom. The Morgan fingerprint density at radius 1 is 1.25 bits per heavy atom. The van der Waals surface area contributed by atoms with E-state index in [1.165, 1.54) is 0 Å². The molecule has 24 heavy (non-hydrogen) atoms. The summed E-state index contributed by atoms with van der Waals surface area (Å²) in [5, 5.41) is 10.1. The third-order valence-electron chi connectivity index (χ3n) is 3.96. The van der Waals surface area contributed by atoms with Crippen molar-refractivity contribution in [1.29, 1.82) is 0 Å². The van der Waals surface area contributed by atoms with Gasteiger partial charge >= 0.3 is 0 Å². The first kappa shape index (κ1) is 17.5. The number of hydrogen-bond donors (Lipinski definition) is 1. The summed E-state index contributed by atoms with van der Waals surface area (Å²) in [6.07, 6.45) is 3.00. The SMILES string of the molecule is Cl.NC1(c2noc(CSCc3cc(-c4cccs4)on3)n2)CCC1. The first-order chi connectivity index (χ1) is 11.2. The monoisotopic (exact) mass is 384 g/mol. The molecule has 3 aromatic heterocycles. The lowest BCUT2D eigenvalue weighted by molar-refractivity contribution is 0.229. The summed E-state index contributed by atoms with van der Waals surface area (Å²) >= 11 is 3.30. The molecule has 0 amide bonds. The molecule has 2 N–H and O–H groups in total. The number of thioether (sulfide) groups is 1. The van der Waals surface area contributed by atoms with Crippen LogP contribution in [0.5, 0.6) is 0 Å². The van der Waals surface area contributed by atoms with Crippen molar-refractivity contribution in [3.8, 4) is 10.6 Å². The van der Waals surface area contributed by atoms with E-state index in [0.29, 0.717) is 17.5 Å². The molecule has 4 rings (SSSR count). The van der Waals surface area contributed by atoms with Gasteiger partial charge in [-0.1, -0.05) is 16.4 Å². The zero-order valence-electron chi connectivity index (χ0n) is 12.8. The average molecular weight is 385 g/mol. The van der Waals surface area contributed by atoms with Crippen LogP contribution in [0.2, 0.25) is 0 Å². The number of thiophene rings is 1. The van der Waals surface area contributed by atoms with Gasteiger partial charge in [0.2, 0.25) is 5.89 Å². The molecule has 128 valence electrons. The minimum Gasteiger partial charge on any atom is -0.355 e. The van der Waals surface area contributed by atoms with Crippen molar-refractivity contribution in [3.63, 3.8) is 0 Å². The van der Waals surface area contributed by atoms with Gasteiger partial charge in [0.25, 0.3) is 0 Å². The summed E-state index contributed by atoms with van der Waals surface area (Å²) in [5.74, 6) is 3.44. The number of rotatable bonds is 6. The van der Waals surface area contributed by atoms with Crippen molar-refractivity contribution in [3.05, 3.63) is 41.0 Å². The lowest BCUT2D eigenvalue weighted by atomic mass is 9.77. The highest BCUT2D eigenvalue weighted by Crippen LogP contribution is 2.37. The standard InChI is InChI=1S/C15H16N4O2S2.ClH/c16-15(4-2-5-15)14-17-13(21-19-14)9-22-8-10-7-11(20-18-10)12-3-1-6-23-12;/h1,3,6-7H,2,4-5,8-9,16H2;1H. The maximum atomic E-state index is 6.19. The fourth-order valence-corrected chi connectivity index (χ4v) is 3.87. The molecular formula is C15H17ClN4O2S2. The lowest BCUT2D eigenvalue weighted by Gasteiger charge is -2.34. The van der Waals surface area contributed by atoms with Crippen LogP contribution in [0.15, 0.2) is 32.6 Å². The third kappa shape index (κ3) is 3.51. The van der Waals surface area contributed by atoms with Gasteiger partial charge in [0.15, 0.2) is 11.6 Å². The maximum Gasteiger partial charge on any atom is 0.236 e. The highest BCUT2D eigenvalue weighted by molar-refractivity contribution is 7.97. The van der Waals surface area contributed by atoms with E-state index < -0.39 is 0 Å². The number of hydrogen-bond acceptors (Lipinski definition) is 8. The second-order valence-corrected chi connectivity index (χ2v) is 7.61. The predicted octanol–water partition coefficient (Wildman–Crippen LogP) is 3.98. The van der Waals surface area contributed by atoms with Gasteiger partial charge in [0.1, 0.15) is 0 Å². The minimum absolute atomic E-state index is 0. The molecule has 0 radical (unpaired) electrons. The summed E-state index contributed by atoms with van der Waals surface area (Å²) < 4.78 is 10.6. The Morgan fingerprint density at radius 3 is 2.83 bits per heavy atom. The van der Waals surface area contributed by atoms with Gasteiger partial charge in [-0.05, 0) is 30.7 Å². The van der Waals surface area contributed by atoms with Crippen LogP contribution in [0.3, 0.4) is 0 Å². The number of halogens is 1. The van der Waals surface area contributed by atoms with E-state index in [4.69, 9.17) is 14.8 Å². The van der Waals surface area contributed by atoms with Crippen molar-refractivity contribution in [1.82, 2.24) is 15.3 Å². The van der Waals surface area contributed by atoms with Crippen molar-refractivity contribution >= 4 is 35.5 Å². The van der Waals surface area contributed by atoms with E-state index >= 15 is 0 Å². The first-order valence-electron chi connectivity index (χ1n) is 7.42. The molecule has 0 bridgehead atoms. The molecule has 1 aliphatic rings. The quantitative estimate of drug-likeness (QED) is 0.687. The average Bonchev–Trinajstić information content (AvgIpc) is 3.25. The summed E-state index contributed by atoms with van der Waals surface area (Å²) in [4.78, 5) is 5.50. The zero-order chi connectivity index (χ0) is 15.7. The molecule has 0 unspecified atom stereocenters. The summed E-state index contributed by atoms with van der Waals surface area (Å²) in [6.45, 7) is 0. The Labute approximate surface area is 153 Å². The molecule has 1 saturated carbocycles. The molecule has 0 saturated heterocycles. The van der Waals surface area contributed by atoms with Gasteiger partial charge in [-0.3, -0.25) is 0 Å². The maximum absolute atomic E-state index is 6.19. The first-order valence-corrected chi connectivity index (χ1v) is 9.45. The zero-order valence-corrected chi connectivity index (χ0v) is 15.3. The van der Waals surface area contributed by atoms with Crippen LogP contribution >= 0.6 is 35.5 Å². The van der Waals surface area contributed by atoms with Crippen LogP contribution in [0, 0.1) is 0 Å². The van der Waals surface area contributed by atoms with E-state index in [1.807, 2.05) is 23.6 Å². The van der Waals surface area contributed by atoms with Gasteiger partial charge in [-0.2, -0.15) is 4.98 Å². The Balaban J connectivity index is 0.00000169. The van der Waals surface area contributed by atoms with Crippen LogP contribution in [0.4, 0.5) is 0 Å². The third-order valence-corrected chi connectivity index (χ3v) is 5.79. The molecule has 1 aliphatic carbocycles. The topological polar surface area (TPSA) is 91.0 Å². The van der Waals surface area contributed by atoms with Crippen LogP contribution in [-0.2, 0) is 17.0 Å². The molecule has 6 nitrogen and oxygen atoms in total. The van der Waals surface area contributed by atoms with Gasteiger partial charge < -0.3 is 14.8 Å². The predicted molar refractivity (Wildman–Crippen MR) is 96.1 cm³/mol. The molecule has 1 fully saturated rings. The highest BCUT2D eigenvalue weighted by atomic mass is 35.5. The fourth-order valence-electron chi connectivity index (χ4n) is 2.45. The van der Waals surface area contributed by atoms with Crippen LogP contribution < -0.4 is 5.73 Å². The van der Waals surface area contributed by atoms with E-state index in [2.05, 4.69) is 15.3 Å². The van der Waals surface area contributed by atoms with Crippen molar-refractivity contribution in [2.24, 2.45) is 5.73 Å². The van der Waals surface area contributed by atoms with E-state index in [9.17, 15) is 0 Å².